The predicted molar refractivity (Wildman–Crippen MR) is 68.9 cm³/mol. The number of rotatable bonds is 7. The third-order valence-electron chi connectivity index (χ3n) is 2.48. The lowest BCUT2D eigenvalue weighted by atomic mass is 10.3. The highest BCUT2D eigenvalue weighted by Crippen LogP contribution is 2.10. The van der Waals surface area contributed by atoms with Gasteiger partial charge in [0.2, 0.25) is 0 Å². The lowest BCUT2D eigenvalue weighted by Gasteiger charge is -2.19. The molecule has 0 aliphatic heterocycles. The van der Waals surface area contributed by atoms with Crippen LogP contribution in [-0.4, -0.2) is 37.9 Å². The molecule has 3 heteroatoms. The van der Waals surface area contributed by atoms with E-state index >= 15 is 0 Å². The molecule has 0 aromatic heterocycles. The molecule has 0 fully saturated rings. The molecule has 1 rings (SSSR count). The van der Waals surface area contributed by atoms with Crippen molar-refractivity contribution in [3.05, 3.63) is 30.3 Å². The average molecular weight is 222 g/mol. The molecular formula is C13H22N2O. The van der Waals surface area contributed by atoms with E-state index in [2.05, 4.69) is 41.5 Å². The fourth-order valence-electron chi connectivity index (χ4n) is 1.56. The van der Waals surface area contributed by atoms with Crippen molar-refractivity contribution in [1.29, 1.82) is 0 Å². The van der Waals surface area contributed by atoms with Crippen LogP contribution in [0.5, 0.6) is 0 Å². The maximum atomic E-state index is 9.07. The van der Waals surface area contributed by atoms with E-state index in [4.69, 9.17) is 5.11 Å². The largest absolute Gasteiger partial charge is 0.392 e. The first-order chi connectivity index (χ1) is 7.70. The summed E-state index contributed by atoms with van der Waals surface area (Å²) in [5.74, 6) is 0. The molecule has 1 atom stereocenters. The Balaban J connectivity index is 2.14. The van der Waals surface area contributed by atoms with Crippen LogP contribution in [0.15, 0.2) is 30.3 Å². The van der Waals surface area contributed by atoms with E-state index in [0.29, 0.717) is 6.54 Å². The number of hydrogen-bond acceptors (Lipinski definition) is 3. The highest BCUT2D eigenvalue weighted by molar-refractivity contribution is 5.44. The second kappa shape index (κ2) is 7.25. The van der Waals surface area contributed by atoms with Gasteiger partial charge in [-0.25, -0.2) is 0 Å². The van der Waals surface area contributed by atoms with Gasteiger partial charge in [0.1, 0.15) is 0 Å². The Hall–Kier alpha value is -1.06. The fraction of sp³-hybridized carbons (Fsp3) is 0.538. The molecule has 2 N–H and O–H groups in total. The topological polar surface area (TPSA) is 35.5 Å². The maximum absolute atomic E-state index is 9.07. The molecule has 0 aliphatic carbocycles. The summed E-state index contributed by atoms with van der Waals surface area (Å²) < 4.78 is 0. The Kier molecular flexibility index (Phi) is 5.90. The van der Waals surface area contributed by atoms with Gasteiger partial charge >= 0.3 is 0 Å². The highest BCUT2D eigenvalue weighted by atomic mass is 16.3. The van der Waals surface area contributed by atoms with Gasteiger partial charge in [-0.2, -0.15) is 0 Å². The quantitative estimate of drug-likeness (QED) is 0.686. The van der Waals surface area contributed by atoms with Gasteiger partial charge in [0.05, 0.1) is 6.10 Å². The van der Waals surface area contributed by atoms with Gasteiger partial charge in [-0.1, -0.05) is 18.2 Å². The minimum atomic E-state index is -0.258. The predicted octanol–water partition coefficient (Wildman–Crippen LogP) is 1.48. The Morgan fingerprint density at radius 2 is 2.00 bits per heavy atom. The zero-order valence-corrected chi connectivity index (χ0v) is 10.2. The summed E-state index contributed by atoms with van der Waals surface area (Å²) in [4.78, 5) is 2.24. The first-order valence-electron chi connectivity index (χ1n) is 5.85. The monoisotopic (exact) mass is 222 g/mol. The van der Waals surface area contributed by atoms with Crippen molar-refractivity contribution >= 4 is 5.69 Å². The summed E-state index contributed by atoms with van der Waals surface area (Å²) in [6.45, 7) is 4.44. The lowest BCUT2D eigenvalue weighted by molar-refractivity contribution is 0.191. The zero-order chi connectivity index (χ0) is 11.8. The summed E-state index contributed by atoms with van der Waals surface area (Å²) in [7, 11) is 2.10. The molecule has 0 saturated carbocycles. The smallest absolute Gasteiger partial charge is 0.0636 e. The molecule has 90 valence electrons. The van der Waals surface area contributed by atoms with Crippen LogP contribution < -0.4 is 10.2 Å². The Morgan fingerprint density at radius 1 is 1.31 bits per heavy atom. The Labute approximate surface area is 98.1 Å². The molecule has 0 amide bonds. The number of aliphatic hydroxyl groups excluding tert-OH is 1. The number of para-hydroxylation sites is 1. The van der Waals surface area contributed by atoms with Gasteiger partial charge in [-0.05, 0) is 32.0 Å². The second-order valence-electron chi connectivity index (χ2n) is 4.16. The second-order valence-corrected chi connectivity index (χ2v) is 4.16. The average Bonchev–Trinajstić information content (AvgIpc) is 2.29. The van der Waals surface area contributed by atoms with Crippen LogP contribution in [0.25, 0.3) is 0 Å². The van der Waals surface area contributed by atoms with E-state index in [0.717, 1.165) is 19.5 Å². The first-order valence-corrected chi connectivity index (χ1v) is 5.85. The summed E-state index contributed by atoms with van der Waals surface area (Å²) in [6, 6.07) is 10.4. The third kappa shape index (κ3) is 5.14. The van der Waals surface area contributed by atoms with Gasteiger partial charge in [0.15, 0.2) is 0 Å². The minimum Gasteiger partial charge on any atom is -0.392 e. The normalized spacial score (nSPS) is 12.4. The molecule has 0 radical (unpaired) electrons. The summed E-state index contributed by atoms with van der Waals surface area (Å²) in [5.41, 5.74) is 1.25. The van der Waals surface area contributed by atoms with E-state index < -0.39 is 0 Å². The van der Waals surface area contributed by atoms with Gasteiger partial charge in [0, 0.05) is 25.8 Å². The first kappa shape index (κ1) is 13.0. The highest BCUT2D eigenvalue weighted by Gasteiger charge is 1.99. The number of aliphatic hydroxyl groups is 1. The van der Waals surface area contributed by atoms with E-state index in [9.17, 15) is 0 Å². The molecule has 3 nitrogen and oxygen atoms in total. The van der Waals surface area contributed by atoms with Crippen molar-refractivity contribution in [2.45, 2.75) is 19.4 Å². The van der Waals surface area contributed by atoms with Crippen LogP contribution in [-0.2, 0) is 0 Å². The molecule has 16 heavy (non-hydrogen) atoms. The van der Waals surface area contributed by atoms with Crippen LogP contribution >= 0.6 is 0 Å². The van der Waals surface area contributed by atoms with Crippen molar-refractivity contribution in [2.75, 3.05) is 31.6 Å². The van der Waals surface area contributed by atoms with Gasteiger partial charge in [0.25, 0.3) is 0 Å². The van der Waals surface area contributed by atoms with E-state index in [1.165, 1.54) is 5.69 Å². The van der Waals surface area contributed by atoms with Crippen LogP contribution in [0, 0.1) is 0 Å². The van der Waals surface area contributed by atoms with E-state index in [1.807, 2.05) is 6.07 Å². The number of benzene rings is 1. The summed E-state index contributed by atoms with van der Waals surface area (Å²) >= 11 is 0. The minimum absolute atomic E-state index is 0.258. The number of nitrogens with one attached hydrogen (secondary N) is 1. The van der Waals surface area contributed by atoms with Gasteiger partial charge < -0.3 is 15.3 Å². The van der Waals surface area contributed by atoms with Crippen molar-refractivity contribution in [2.24, 2.45) is 0 Å². The van der Waals surface area contributed by atoms with Crippen LogP contribution in [0.2, 0.25) is 0 Å². The molecule has 0 heterocycles. The summed E-state index contributed by atoms with van der Waals surface area (Å²) in [5, 5.41) is 12.3. The van der Waals surface area contributed by atoms with Gasteiger partial charge in [-0.15, -0.1) is 0 Å². The molecule has 0 bridgehead atoms. The molecule has 1 aromatic carbocycles. The number of hydrogen-bond donors (Lipinski definition) is 2. The number of nitrogens with zero attached hydrogens (tertiary/aromatic N) is 1. The van der Waals surface area contributed by atoms with E-state index in [1.54, 1.807) is 6.92 Å². The summed E-state index contributed by atoms with van der Waals surface area (Å²) in [6.07, 6.45) is 0.824. The molecule has 0 aliphatic rings. The van der Waals surface area contributed by atoms with Crippen LogP contribution in [0.1, 0.15) is 13.3 Å². The van der Waals surface area contributed by atoms with Crippen LogP contribution in [0.3, 0.4) is 0 Å². The lowest BCUT2D eigenvalue weighted by Crippen LogP contribution is -2.28. The number of anilines is 1. The Bertz CT molecular complexity index is 275. The molecule has 0 saturated heterocycles. The Morgan fingerprint density at radius 3 is 2.62 bits per heavy atom. The molecule has 0 unspecified atom stereocenters. The van der Waals surface area contributed by atoms with Gasteiger partial charge in [-0.3, -0.25) is 0 Å². The van der Waals surface area contributed by atoms with Crippen molar-refractivity contribution < 1.29 is 5.11 Å². The van der Waals surface area contributed by atoms with Crippen molar-refractivity contribution in [3.8, 4) is 0 Å². The van der Waals surface area contributed by atoms with Crippen LogP contribution in [0.4, 0.5) is 5.69 Å². The zero-order valence-electron chi connectivity index (χ0n) is 10.2. The molecule has 0 spiro atoms. The van der Waals surface area contributed by atoms with E-state index in [-0.39, 0.29) is 6.10 Å². The third-order valence-corrected chi connectivity index (χ3v) is 2.48. The molecule has 1 aromatic rings. The van der Waals surface area contributed by atoms with Crippen molar-refractivity contribution in [1.82, 2.24) is 5.32 Å². The fourth-order valence-corrected chi connectivity index (χ4v) is 1.56. The maximum Gasteiger partial charge on any atom is 0.0636 e. The standard InChI is InChI=1S/C13H22N2O/c1-12(16)11-14-9-6-10-15(2)13-7-4-3-5-8-13/h3-5,7-8,12,14,16H,6,9-11H2,1-2H3/t12-/m0/s1. The van der Waals surface area contributed by atoms with Crippen molar-refractivity contribution in [3.63, 3.8) is 0 Å². The SMILES string of the molecule is C[C@H](O)CNCCCN(C)c1ccccc1. The molecular weight excluding hydrogens is 200 g/mol.